The molecule has 0 radical (unpaired) electrons. The predicted octanol–water partition coefficient (Wildman–Crippen LogP) is 3.28. The van der Waals surface area contributed by atoms with Gasteiger partial charge in [0, 0.05) is 5.56 Å². The van der Waals surface area contributed by atoms with Gasteiger partial charge in [-0.05, 0) is 31.0 Å². The van der Waals surface area contributed by atoms with E-state index in [1.54, 1.807) is 19.1 Å². The van der Waals surface area contributed by atoms with Crippen LogP contribution in [0.4, 0.5) is 5.00 Å². The van der Waals surface area contributed by atoms with Crippen LogP contribution in [0, 0.1) is 25.2 Å². The van der Waals surface area contributed by atoms with Crippen LogP contribution in [0.2, 0.25) is 0 Å². The average Bonchev–Trinajstić information content (AvgIpc) is 2.82. The molecule has 1 heterocycles. The second-order valence-corrected chi connectivity index (χ2v) is 5.65. The second-order valence-electron chi connectivity index (χ2n) is 4.63. The van der Waals surface area contributed by atoms with Crippen molar-refractivity contribution in [2.45, 2.75) is 13.8 Å². The molecule has 5 nitrogen and oxygen atoms in total. The van der Waals surface area contributed by atoms with Crippen LogP contribution < -0.4 is 5.32 Å². The largest absolute Gasteiger partial charge is 0.465 e. The van der Waals surface area contributed by atoms with Crippen molar-refractivity contribution in [2.24, 2.45) is 0 Å². The Labute approximate surface area is 132 Å². The molecule has 0 fully saturated rings. The molecule has 0 saturated carbocycles. The summed E-state index contributed by atoms with van der Waals surface area (Å²) in [5.74, 6) is -0.831. The Bertz CT molecular complexity index is 787. The van der Waals surface area contributed by atoms with E-state index in [0.29, 0.717) is 21.0 Å². The summed E-state index contributed by atoms with van der Waals surface area (Å²) in [4.78, 5) is 24.3. The first-order valence-corrected chi connectivity index (χ1v) is 7.30. The molecule has 0 spiro atoms. The third-order valence-electron chi connectivity index (χ3n) is 3.25. The van der Waals surface area contributed by atoms with Gasteiger partial charge < -0.3 is 10.1 Å². The number of anilines is 1. The minimum Gasteiger partial charge on any atom is -0.465 e. The summed E-state index contributed by atoms with van der Waals surface area (Å²) in [6.45, 7) is 3.49. The first kappa shape index (κ1) is 15.7. The van der Waals surface area contributed by atoms with E-state index in [1.807, 2.05) is 25.1 Å². The topological polar surface area (TPSA) is 79.2 Å². The van der Waals surface area contributed by atoms with E-state index in [2.05, 4.69) is 10.1 Å². The van der Waals surface area contributed by atoms with Crippen molar-refractivity contribution >= 4 is 28.2 Å². The molecule has 2 rings (SSSR count). The quantitative estimate of drug-likeness (QED) is 0.882. The van der Waals surface area contributed by atoms with Crippen LogP contribution in [0.5, 0.6) is 0 Å². The van der Waals surface area contributed by atoms with Crippen LogP contribution >= 0.6 is 11.3 Å². The standard InChI is InChI=1S/C16H14N2O3S/c1-9-6-4-5-7-11(9)14(19)18-15-12(8-17)10(2)13(22-15)16(20)21-3/h4-7H,1-3H3,(H,18,19). The molecule has 0 saturated heterocycles. The van der Waals surface area contributed by atoms with Crippen molar-refractivity contribution in [1.29, 1.82) is 5.26 Å². The lowest BCUT2D eigenvalue weighted by molar-refractivity contribution is 0.0605. The number of aryl methyl sites for hydroxylation is 1. The van der Waals surface area contributed by atoms with Crippen LogP contribution in [0.15, 0.2) is 24.3 Å². The van der Waals surface area contributed by atoms with E-state index in [4.69, 9.17) is 0 Å². The number of nitriles is 1. The van der Waals surface area contributed by atoms with E-state index in [1.165, 1.54) is 7.11 Å². The first-order valence-electron chi connectivity index (χ1n) is 6.48. The molecule has 1 aromatic carbocycles. The van der Waals surface area contributed by atoms with Gasteiger partial charge in [-0.1, -0.05) is 18.2 Å². The Hall–Kier alpha value is -2.65. The number of nitrogens with zero attached hydrogens (tertiary/aromatic N) is 1. The predicted molar refractivity (Wildman–Crippen MR) is 84.2 cm³/mol. The number of hydrogen-bond acceptors (Lipinski definition) is 5. The van der Waals surface area contributed by atoms with E-state index >= 15 is 0 Å². The number of methoxy groups -OCH3 is 1. The highest BCUT2D eigenvalue weighted by molar-refractivity contribution is 7.18. The molecule has 0 unspecified atom stereocenters. The van der Waals surface area contributed by atoms with Crippen molar-refractivity contribution in [1.82, 2.24) is 0 Å². The van der Waals surface area contributed by atoms with Gasteiger partial charge >= 0.3 is 5.97 Å². The van der Waals surface area contributed by atoms with Crippen LogP contribution in [0.3, 0.4) is 0 Å². The minimum atomic E-state index is -0.518. The number of hydrogen-bond donors (Lipinski definition) is 1. The summed E-state index contributed by atoms with van der Waals surface area (Å²) in [5.41, 5.74) is 2.16. The van der Waals surface area contributed by atoms with Crippen molar-refractivity contribution in [3.05, 3.63) is 51.4 Å². The van der Waals surface area contributed by atoms with E-state index in [0.717, 1.165) is 16.9 Å². The molecule has 112 valence electrons. The van der Waals surface area contributed by atoms with Gasteiger partial charge in [0.2, 0.25) is 0 Å². The lowest BCUT2D eigenvalue weighted by Gasteiger charge is -2.06. The molecule has 1 amide bonds. The maximum absolute atomic E-state index is 12.3. The fraction of sp³-hybridized carbons (Fsp3) is 0.188. The zero-order chi connectivity index (χ0) is 16.3. The monoisotopic (exact) mass is 314 g/mol. The number of nitrogens with one attached hydrogen (secondary N) is 1. The fourth-order valence-electron chi connectivity index (χ4n) is 2.02. The summed E-state index contributed by atoms with van der Waals surface area (Å²) in [6.07, 6.45) is 0. The van der Waals surface area contributed by atoms with Crippen molar-refractivity contribution in [3.63, 3.8) is 0 Å². The summed E-state index contributed by atoms with van der Waals surface area (Å²) in [5, 5.41) is 12.3. The van der Waals surface area contributed by atoms with Crippen LogP contribution in [0.25, 0.3) is 0 Å². The lowest BCUT2D eigenvalue weighted by atomic mass is 10.1. The van der Waals surface area contributed by atoms with E-state index in [9.17, 15) is 14.9 Å². The summed E-state index contributed by atoms with van der Waals surface area (Å²) in [6, 6.07) is 9.18. The normalized spacial score (nSPS) is 9.91. The Kier molecular flexibility index (Phi) is 4.59. The Morgan fingerprint density at radius 2 is 1.95 bits per heavy atom. The van der Waals surface area contributed by atoms with Gasteiger partial charge in [-0.3, -0.25) is 4.79 Å². The number of benzene rings is 1. The number of carbonyl (C=O) groups excluding carboxylic acids is 2. The molecule has 1 N–H and O–H groups in total. The SMILES string of the molecule is COC(=O)c1sc(NC(=O)c2ccccc2C)c(C#N)c1C. The molecular formula is C16H14N2O3S. The Morgan fingerprint density at radius 1 is 1.27 bits per heavy atom. The van der Waals surface area contributed by atoms with E-state index in [-0.39, 0.29) is 11.5 Å². The van der Waals surface area contributed by atoms with Gasteiger partial charge in [-0.2, -0.15) is 5.26 Å². The Morgan fingerprint density at radius 3 is 2.55 bits per heavy atom. The Balaban J connectivity index is 2.38. The zero-order valence-electron chi connectivity index (χ0n) is 12.4. The molecule has 1 aromatic heterocycles. The molecular weight excluding hydrogens is 300 g/mol. The number of carbonyl (C=O) groups is 2. The summed E-state index contributed by atoms with van der Waals surface area (Å²) in [7, 11) is 1.28. The molecule has 6 heteroatoms. The van der Waals surface area contributed by atoms with Gasteiger partial charge in [0.05, 0.1) is 12.7 Å². The molecule has 22 heavy (non-hydrogen) atoms. The van der Waals surface area contributed by atoms with Crippen molar-refractivity contribution in [3.8, 4) is 6.07 Å². The first-order chi connectivity index (χ1) is 10.5. The fourth-order valence-corrected chi connectivity index (χ4v) is 3.09. The van der Waals surface area contributed by atoms with Crippen LogP contribution in [0.1, 0.15) is 36.7 Å². The van der Waals surface area contributed by atoms with Gasteiger partial charge in [-0.15, -0.1) is 11.3 Å². The zero-order valence-corrected chi connectivity index (χ0v) is 13.2. The van der Waals surface area contributed by atoms with Crippen LogP contribution in [-0.4, -0.2) is 19.0 Å². The van der Waals surface area contributed by atoms with Crippen molar-refractivity contribution < 1.29 is 14.3 Å². The molecule has 2 aromatic rings. The number of esters is 1. The number of ether oxygens (including phenoxy) is 1. The van der Waals surface area contributed by atoms with E-state index < -0.39 is 5.97 Å². The van der Waals surface area contributed by atoms with Gasteiger partial charge in [0.25, 0.3) is 5.91 Å². The molecule has 0 aliphatic rings. The third kappa shape index (κ3) is 2.85. The third-order valence-corrected chi connectivity index (χ3v) is 4.43. The molecule has 0 bridgehead atoms. The maximum Gasteiger partial charge on any atom is 0.348 e. The number of amides is 1. The maximum atomic E-state index is 12.3. The van der Waals surface area contributed by atoms with Crippen molar-refractivity contribution in [2.75, 3.05) is 12.4 Å². The highest BCUT2D eigenvalue weighted by Crippen LogP contribution is 2.33. The molecule has 0 aliphatic carbocycles. The highest BCUT2D eigenvalue weighted by atomic mass is 32.1. The molecule has 0 atom stereocenters. The smallest absolute Gasteiger partial charge is 0.348 e. The minimum absolute atomic E-state index is 0.285. The summed E-state index contributed by atoms with van der Waals surface area (Å²) < 4.78 is 4.69. The number of thiophene rings is 1. The second kappa shape index (κ2) is 6.41. The number of rotatable bonds is 3. The van der Waals surface area contributed by atoms with Crippen LogP contribution in [-0.2, 0) is 4.74 Å². The average molecular weight is 314 g/mol. The van der Waals surface area contributed by atoms with Gasteiger partial charge in [-0.25, -0.2) is 4.79 Å². The van der Waals surface area contributed by atoms with Gasteiger partial charge in [0.15, 0.2) is 0 Å². The molecule has 0 aliphatic heterocycles. The summed E-state index contributed by atoms with van der Waals surface area (Å²) >= 11 is 1.04. The lowest BCUT2D eigenvalue weighted by Crippen LogP contribution is -2.13. The van der Waals surface area contributed by atoms with Gasteiger partial charge in [0.1, 0.15) is 15.9 Å². The highest BCUT2D eigenvalue weighted by Gasteiger charge is 2.22.